The number of rotatable bonds is 6. The molecule has 0 unspecified atom stereocenters. The Bertz CT molecular complexity index is 732. The minimum absolute atomic E-state index is 0.00304. The number of carbonyl (C=O) groups is 1. The normalized spacial score (nSPS) is 17.6. The fourth-order valence-electron chi connectivity index (χ4n) is 4.27. The zero-order chi connectivity index (χ0) is 19.2. The number of hydrogen-bond acceptors (Lipinski definition) is 4. The van der Waals surface area contributed by atoms with Crippen molar-refractivity contribution in [2.24, 2.45) is 0 Å². The summed E-state index contributed by atoms with van der Waals surface area (Å²) in [5.41, 5.74) is 2.07. The predicted molar refractivity (Wildman–Crippen MR) is 109 cm³/mol. The SMILES string of the molecule is O=C(NCc1ccc(N2CCCC2)nc1)N(Cc1ccoc1)C1CCCCC1. The van der Waals surface area contributed by atoms with Gasteiger partial charge in [0, 0.05) is 37.4 Å². The average Bonchev–Trinajstić information content (AvgIpc) is 3.45. The molecule has 0 radical (unpaired) electrons. The van der Waals surface area contributed by atoms with E-state index in [0.29, 0.717) is 19.1 Å². The number of nitrogens with zero attached hydrogens (tertiary/aromatic N) is 3. The lowest BCUT2D eigenvalue weighted by molar-refractivity contribution is 0.150. The summed E-state index contributed by atoms with van der Waals surface area (Å²) < 4.78 is 5.19. The summed E-state index contributed by atoms with van der Waals surface area (Å²) >= 11 is 0. The van der Waals surface area contributed by atoms with Crippen molar-refractivity contribution < 1.29 is 9.21 Å². The fourth-order valence-corrected chi connectivity index (χ4v) is 4.27. The minimum Gasteiger partial charge on any atom is -0.472 e. The topological polar surface area (TPSA) is 61.6 Å². The van der Waals surface area contributed by atoms with Gasteiger partial charge in [0.05, 0.1) is 19.1 Å². The van der Waals surface area contributed by atoms with Crippen LogP contribution in [0.2, 0.25) is 0 Å². The van der Waals surface area contributed by atoms with Crippen molar-refractivity contribution in [1.29, 1.82) is 0 Å². The molecular formula is C22H30N4O2. The molecular weight excluding hydrogens is 352 g/mol. The highest BCUT2D eigenvalue weighted by Gasteiger charge is 2.25. The Morgan fingerprint density at radius 3 is 2.61 bits per heavy atom. The Morgan fingerprint density at radius 2 is 1.93 bits per heavy atom. The van der Waals surface area contributed by atoms with E-state index in [1.54, 1.807) is 12.5 Å². The van der Waals surface area contributed by atoms with Crippen LogP contribution in [-0.4, -0.2) is 35.0 Å². The van der Waals surface area contributed by atoms with Crippen LogP contribution >= 0.6 is 0 Å². The quantitative estimate of drug-likeness (QED) is 0.808. The van der Waals surface area contributed by atoms with E-state index < -0.39 is 0 Å². The van der Waals surface area contributed by atoms with Crippen LogP contribution in [0.4, 0.5) is 10.6 Å². The maximum absolute atomic E-state index is 13.0. The zero-order valence-electron chi connectivity index (χ0n) is 16.5. The molecule has 1 aliphatic heterocycles. The second-order valence-corrected chi connectivity index (χ2v) is 7.93. The van der Waals surface area contributed by atoms with Crippen LogP contribution in [0.3, 0.4) is 0 Å². The third-order valence-electron chi connectivity index (χ3n) is 5.89. The summed E-state index contributed by atoms with van der Waals surface area (Å²) in [4.78, 5) is 21.9. The molecule has 2 aliphatic rings. The van der Waals surface area contributed by atoms with Crippen LogP contribution in [-0.2, 0) is 13.1 Å². The molecule has 1 N–H and O–H groups in total. The summed E-state index contributed by atoms with van der Waals surface area (Å²) in [5.74, 6) is 1.04. The van der Waals surface area contributed by atoms with Crippen LogP contribution < -0.4 is 10.2 Å². The van der Waals surface area contributed by atoms with E-state index in [1.165, 1.54) is 32.1 Å². The van der Waals surface area contributed by atoms with Gasteiger partial charge in [0.1, 0.15) is 5.82 Å². The lowest BCUT2D eigenvalue weighted by atomic mass is 9.94. The van der Waals surface area contributed by atoms with Gasteiger partial charge in [-0.05, 0) is 43.4 Å². The van der Waals surface area contributed by atoms with Crippen LogP contribution in [0.15, 0.2) is 41.3 Å². The first-order valence-electron chi connectivity index (χ1n) is 10.5. The maximum Gasteiger partial charge on any atom is 0.318 e. The maximum atomic E-state index is 13.0. The Hall–Kier alpha value is -2.50. The van der Waals surface area contributed by atoms with Gasteiger partial charge in [0.15, 0.2) is 0 Å². The fraction of sp³-hybridized carbons (Fsp3) is 0.545. The molecule has 0 bridgehead atoms. The van der Waals surface area contributed by atoms with E-state index >= 15 is 0 Å². The van der Waals surface area contributed by atoms with Crippen LogP contribution in [0.5, 0.6) is 0 Å². The molecule has 4 rings (SSSR count). The highest BCUT2D eigenvalue weighted by molar-refractivity contribution is 5.74. The minimum atomic E-state index is -0.00304. The molecule has 1 aliphatic carbocycles. The van der Waals surface area contributed by atoms with Gasteiger partial charge in [0.2, 0.25) is 0 Å². The third-order valence-corrected chi connectivity index (χ3v) is 5.89. The van der Waals surface area contributed by atoms with Gasteiger partial charge in [-0.15, -0.1) is 0 Å². The first-order valence-corrected chi connectivity index (χ1v) is 10.5. The van der Waals surface area contributed by atoms with Crippen LogP contribution in [0.1, 0.15) is 56.1 Å². The van der Waals surface area contributed by atoms with Crippen LogP contribution in [0.25, 0.3) is 0 Å². The Kier molecular flexibility index (Phi) is 6.14. The number of anilines is 1. The highest BCUT2D eigenvalue weighted by atomic mass is 16.3. The lowest BCUT2D eigenvalue weighted by Crippen LogP contribution is -2.46. The molecule has 2 aromatic rings. The Balaban J connectivity index is 1.36. The molecule has 1 saturated heterocycles. The number of pyridine rings is 1. The monoisotopic (exact) mass is 382 g/mol. The molecule has 2 fully saturated rings. The van der Waals surface area contributed by atoms with Crippen molar-refractivity contribution >= 4 is 11.8 Å². The average molecular weight is 383 g/mol. The molecule has 2 amide bonds. The van der Waals surface area contributed by atoms with Crippen molar-refractivity contribution in [3.8, 4) is 0 Å². The molecule has 150 valence electrons. The second kappa shape index (κ2) is 9.13. The molecule has 28 heavy (non-hydrogen) atoms. The Labute approximate surface area is 166 Å². The number of aromatic nitrogens is 1. The summed E-state index contributed by atoms with van der Waals surface area (Å²) in [5, 5.41) is 3.10. The van der Waals surface area contributed by atoms with Gasteiger partial charge in [-0.25, -0.2) is 9.78 Å². The number of furan rings is 1. The molecule has 1 saturated carbocycles. The van der Waals surface area contributed by atoms with E-state index in [0.717, 1.165) is 42.9 Å². The smallest absolute Gasteiger partial charge is 0.318 e. The van der Waals surface area contributed by atoms with Gasteiger partial charge >= 0.3 is 6.03 Å². The molecule has 3 heterocycles. The standard InChI is InChI=1S/C22H30N4O2/c27-22(24-15-18-8-9-21(23-14-18)25-11-4-5-12-25)26(16-19-10-13-28-17-19)20-6-2-1-3-7-20/h8-10,13-14,17,20H,1-7,11-12,15-16H2,(H,24,27). The van der Waals surface area contributed by atoms with Gasteiger partial charge in [-0.3, -0.25) is 0 Å². The second-order valence-electron chi connectivity index (χ2n) is 7.93. The van der Waals surface area contributed by atoms with Crippen molar-refractivity contribution in [2.45, 2.75) is 64.1 Å². The first-order chi connectivity index (χ1) is 13.8. The number of carbonyl (C=O) groups excluding carboxylic acids is 1. The van der Waals surface area contributed by atoms with Gasteiger partial charge in [0.25, 0.3) is 0 Å². The largest absolute Gasteiger partial charge is 0.472 e. The molecule has 0 aromatic carbocycles. The summed E-state index contributed by atoms with van der Waals surface area (Å²) in [6.45, 7) is 3.28. The predicted octanol–water partition coefficient (Wildman–Crippen LogP) is 4.32. The number of urea groups is 1. The molecule has 0 spiro atoms. The van der Waals surface area contributed by atoms with Gasteiger partial charge in [-0.1, -0.05) is 25.3 Å². The molecule has 0 atom stereocenters. The number of nitrogens with one attached hydrogen (secondary N) is 1. The molecule has 6 nitrogen and oxygen atoms in total. The van der Waals surface area contributed by atoms with Crippen molar-refractivity contribution in [3.63, 3.8) is 0 Å². The van der Waals surface area contributed by atoms with Crippen molar-refractivity contribution in [1.82, 2.24) is 15.2 Å². The molecule has 6 heteroatoms. The van der Waals surface area contributed by atoms with Crippen molar-refractivity contribution in [3.05, 3.63) is 48.0 Å². The Morgan fingerprint density at radius 1 is 1.11 bits per heavy atom. The molecule has 2 aromatic heterocycles. The lowest BCUT2D eigenvalue weighted by Gasteiger charge is -2.34. The van der Waals surface area contributed by atoms with E-state index in [9.17, 15) is 4.79 Å². The highest BCUT2D eigenvalue weighted by Crippen LogP contribution is 2.24. The van der Waals surface area contributed by atoms with Crippen molar-refractivity contribution in [2.75, 3.05) is 18.0 Å². The zero-order valence-corrected chi connectivity index (χ0v) is 16.5. The first kappa shape index (κ1) is 18.8. The van der Waals surface area contributed by atoms with E-state index in [4.69, 9.17) is 4.42 Å². The van der Waals surface area contributed by atoms with Gasteiger partial charge in [-0.2, -0.15) is 0 Å². The van der Waals surface area contributed by atoms with Gasteiger partial charge < -0.3 is 19.5 Å². The summed E-state index contributed by atoms with van der Waals surface area (Å²) in [6.07, 6.45) is 13.6. The number of amides is 2. The summed E-state index contributed by atoms with van der Waals surface area (Å²) in [6, 6.07) is 6.37. The van der Waals surface area contributed by atoms with E-state index in [1.807, 2.05) is 17.2 Å². The van der Waals surface area contributed by atoms with E-state index in [-0.39, 0.29) is 6.03 Å². The van der Waals surface area contributed by atoms with E-state index in [2.05, 4.69) is 27.3 Å². The summed E-state index contributed by atoms with van der Waals surface area (Å²) in [7, 11) is 0. The third kappa shape index (κ3) is 4.66. The number of hydrogen-bond donors (Lipinski definition) is 1. The van der Waals surface area contributed by atoms with Crippen LogP contribution in [0, 0.1) is 0 Å².